The van der Waals surface area contributed by atoms with Crippen LogP contribution in [0.15, 0.2) is 18.2 Å². The normalized spacial score (nSPS) is 31.7. The Morgan fingerprint density at radius 2 is 1.72 bits per heavy atom. The predicted octanol–water partition coefficient (Wildman–Crippen LogP) is 1.96. The lowest BCUT2D eigenvalue weighted by Crippen LogP contribution is -2.84. The third-order valence-corrected chi connectivity index (χ3v) is 6.24. The molecule has 0 aliphatic heterocycles. The molecule has 4 fully saturated rings. The van der Waals surface area contributed by atoms with Crippen molar-refractivity contribution >= 4 is 23.4 Å². The topological polar surface area (TPSA) is 85.9 Å². The van der Waals surface area contributed by atoms with Gasteiger partial charge in [0.05, 0.1) is 17.2 Å². The maximum atomic E-state index is 13.4. The summed E-state index contributed by atoms with van der Waals surface area (Å²) in [6, 6.07) is 4.02. The maximum absolute atomic E-state index is 13.4. The average Bonchev–Trinajstić information content (AvgIpc) is 2.58. The highest BCUT2D eigenvalue weighted by molar-refractivity contribution is 6.30. The molecular weight excluding hydrogens is 403 g/mol. The lowest BCUT2D eigenvalue weighted by atomic mass is 9.44. The molecule has 29 heavy (non-hydrogen) atoms. The van der Waals surface area contributed by atoms with Crippen molar-refractivity contribution < 1.29 is 28.2 Å². The Morgan fingerprint density at radius 1 is 1.10 bits per heavy atom. The first-order valence-electron chi connectivity index (χ1n) is 9.65. The number of hydrogen-bond acceptors (Lipinski definition) is 5. The van der Waals surface area contributed by atoms with Gasteiger partial charge in [-0.2, -0.15) is 0 Å². The van der Waals surface area contributed by atoms with Crippen LogP contribution in [0.25, 0.3) is 0 Å². The molecule has 0 unspecified atom stereocenters. The van der Waals surface area contributed by atoms with Crippen molar-refractivity contribution in [3.05, 3.63) is 29.0 Å². The van der Waals surface area contributed by atoms with Crippen LogP contribution in [0, 0.1) is 5.82 Å². The van der Waals surface area contributed by atoms with E-state index < -0.39 is 5.82 Å². The molecule has 2 amide bonds. The Morgan fingerprint density at radius 3 is 2.31 bits per heavy atom. The molecule has 2 bridgehead atoms. The molecule has 158 valence electrons. The highest BCUT2D eigenvalue weighted by atomic mass is 35.5. The first-order chi connectivity index (χ1) is 13.8. The van der Waals surface area contributed by atoms with Gasteiger partial charge in [0.2, 0.25) is 5.91 Å². The van der Waals surface area contributed by atoms with Gasteiger partial charge < -0.3 is 24.8 Å². The van der Waals surface area contributed by atoms with E-state index in [4.69, 9.17) is 25.8 Å². The summed E-state index contributed by atoms with van der Waals surface area (Å²) in [5.74, 6) is -0.757. The average molecular weight is 427 g/mol. The molecule has 9 heteroatoms. The van der Waals surface area contributed by atoms with Crippen LogP contribution in [0.5, 0.6) is 5.75 Å². The lowest BCUT2D eigenvalue weighted by Gasteiger charge is -2.70. The molecule has 5 rings (SSSR count). The standard InChI is InChI=1S/C20H24ClFN2O5/c1-27-13-4-14(5-13)29-8-18(26)24-20-9-19(10-20,11-20)23-17(25)7-28-12-2-3-15(21)16(22)6-12/h2-3,6,13-14H,4-5,7-11H2,1H3,(H,23,25)(H,24,26)/t13-,14+,19?,20?. The fraction of sp³-hybridized carbons (Fsp3) is 0.600. The monoisotopic (exact) mass is 426 g/mol. The number of benzene rings is 1. The van der Waals surface area contributed by atoms with E-state index in [2.05, 4.69) is 10.6 Å². The van der Waals surface area contributed by atoms with Gasteiger partial charge in [-0.05, 0) is 44.2 Å². The number of halogens is 2. The number of rotatable bonds is 9. The molecule has 1 aromatic carbocycles. The van der Waals surface area contributed by atoms with Gasteiger partial charge in [0.15, 0.2) is 6.61 Å². The zero-order chi connectivity index (χ0) is 20.6. The summed E-state index contributed by atoms with van der Waals surface area (Å²) in [5.41, 5.74) is -0.512. The summed E-state index contributed by atoms with van der Waals surface area (Å²) >= 11 is 5.62. The molecule has 0 atom stereocenters. The molecule has 0 radical (unpaired) electrons. The molecule has 4 aliphatic rings. The van der Waals surface area contributed by atoms with Gasteiger partial charge in [-0.25, -0.2) is 4.39 Å². The minimum Gasteiger partial charge on any atom is -0.484 e. The van der Waals surface area contributed by atoms with Gasteiger partial charge in [-0.1, -0.05) is 11.6 Å². The smallest absolute Gasteiger partial charge is 0.258 e. The summed E-state index contributed by atoms with van der Waals surface area (Å²) in [4.78, 5) is 24.2. The minimum atomic E-state index is -0.596. The molecule has 1 aromatic rings. The predicted molar refractivity (Wildman–Crippen MR) is 102 cm³/mol. The van der Waals surface area contributed by atoms with Crippen LogP contribution < -0.4 is 15.4 Å². The number of methoxy groups -OCH3 is 1. The van der Waals surface area contributed by atoms with Crippen LogP contribution in [0.4, 0.5) is 4.39 Å². The van der Waals surface area contributed by atoms with Crippen molar-refractivity contribution in [2.75, 3.05) is 20.3 Å². The van der Waals surface area contributed by atoms with Gasteiger partial charge in [0, 0.05) is 24.3 Å². The third kappa shape index (κ3) is 4.34. The van der Waals surface area contributed by atoms with Gasteiger partial charge >= 0.3 is 0 Å². The van der Waals surface area contributed by atoms with Crippen molar-refractivity contribution in [3.63, 3.8) is 0 Å². The number of amides is 2. The van der Waals surface area contributed by atoms with E-state index in [0.717, 1.165) is 18.9 Å². The third-order valence-electron chi connectivity index (χ3n) is 5.94. The van der Waals surface area contributed by atoms with Crippen LogP contribution in [-0.2, 0) is 19.1 Å². The summed E-state index contributed by atoms with van der Waals surface area (Å²) in [6.07, 6.45) is 4.08. The number of hydrogen-bond donors (Lipinski definition) is 2. The first-order valence-corrected chi connectivity index (χ1v) is 10.0. The first kappa shape index (κ1) is 20.4. The Balaban J connectivity index is 1.13. The van der Waals surface area contributed by atoms with E-state index in [-0.39, 0.29) is 59.1 Å². The highest BCUT2D eigenvalue weighted by Gasteiger charge is 2.69. The lowest BCUT2D eigenvalue weighted by molar-refractivity contribution is -0.156. The Labute approximate surface area is 173 Å². The van der Waals surface area contributed by atoms with Crippen LogP contribution >= 0.6 is 11.6 Å². The van der Waals surface area contributed by atoms with E-state index in [1.165, 1.54) is 12.1 Å². The SMILES string of the molecule is CO[C@H]1C[C@@H](OCC(=O)NC23CC(NC(=O)COc4ccc(Cl)c(F)c4)(C2)C3)C1. The molecular formula is C20H24ClFN2O5. The fourth-order valence-electron chi connectivity index (χ4n) is 4.47. The molecule has 4 aliphatic carbocycles. The van der Waals surface area contributed by atoms with Crippen molar-refractivity contribution in [2.45, 2.75) is 55.4 Å². The number of nitrogens with one attached hydrogen (secondary N) is 2. The van der Waals surface area contributed by atoms with Gasteiger partial charge in [-0.15, -0.1) is 0 Å². The summed E-state index contributed by atoms with van der Waals surface area (Å²) in [7, 11) is 1.68. The van der Waals surface area contributed by atoms with Gasteiger partial charge in [0.25, 0.3) is 5.91 Å². The molecule has 4 saturated carbocycles. The molecule has 0 heterocycles. The van der Waals surface area contributed by atoms with E-state index in [0.29, 0.717) is 19.3 Å². The van der Waals surface area contributed by atoms with E-state index in [9.17, 15) is 14.0 Å². The van der Waals surface area contributed by atoms with E-state index in [1.54, 1.807) is 7.11 Å². The second kappa shape index (κ2) is 7.74. The maximum Gasteiger partial charge on any atom is 0.258 e. The van der Waals surface area contributed by atoms with Crippen molar-refractivity contribution in [3.8, 4) is 5.75 Å². The van der Waals surface area contributed by atoms with E-state index in [1.807, 2.05) is 0 Å². The van der Waals surface area contributed by atoms with Crippen molar-refractivity contribution in [2.24, 2.45) is 0 Å². The molecule has 0 aromatic heterocycles. The molecule has 0 spiro atoms. The van der Waals surface area contributed by atoms with Crippen LogP contribution in [0.3, 0.4) is 0 Å². The molecule has 7 nitrogen and oxygen atoms in total. The van der Waals surface area contributed by atoms with Crippen LogP contribution in [-0.4, -0.2) is 55.4 Å². The summed E-state index contributed by atoms with van der Waals surface area (Å²) in [5, 5.41) is 5.98. The molecule has 0 saturated heterocycles. The summed E-state index contributed by atoms with van der Waals surface area (Å²) < 4.78 is 29.4. The van der Waals surface area contributed by atoms with Crippen LogP contribution in [0.1, 0.15) is 32.1 Å². The zero-order valence-electron chi connectivity index (χ0n) is 16.1. The largest absolute Gasteiger partial charge is 0.484 e. The quantitative estimate of drug-likeness (QED) is 0.630. The molecule has 2 N–H and O–H groups in total. The van der Waals surface area contributed by atoms with Gasteiger partial charge in [-0.3, -0.25) is 9.59 Å². The number of ether oxygens (including phenoxy) is 3. The van der Waals surface area contributed by atoms with Crippen LogP contribution in [0.2, 0.25) is 5.02 Å². The highest BCUT2D eigenvalue weighted by Crippen LogP contribution is 2.60. The van der Waals surface area contributed by atoms with Crippen molar-refractivity contribution in [1.29, 1.82) is 0 Å². The fourth-order valence-corrected chi connectivity index (χ4v) is 4.59. The minimum absolute atomic E-state index is 0.000251. The summed E-state index contributed by atoms with van der Waals surface area (Å²) in [6.45, 7) is -0.159. The number of carbonyl (C=O) groups is 2. The second-order valence-corrected chi connectivity index (χ2v) is 8.72. The second-order valence-electron chi connectivity index (χ2n) is 8.31. The van der Waals surface area contributed by atoms with Crippen molar-refractivity contribution in [1.82, 2.24) is 10.6 Å². The zero-order valence-corrected chi connectivity index (χ0v) is 16.9. The van der Waals surface area contributed by atoms with Gasteiger partial charge in [0.1, 0.15) is 18.2 Å². The number of carbonyl (C=O) groups excluding carboxylic acids is 2. The van der Waals surface area contributed by atoms with E-state index >= 15 is 0 Å². The Kier molecular flexibility index (Phi) is 5.44. The Bertz CT molecular complexity index is 794. The Hall–Kier alpha value is -1.90.